The van der Waals surface area contributed by atoms with Crippen LogP contribution in [0.4, 0.5) is 0 Å². The molecule has 0 amide bonds. The monoisotopic (exact) mass is 376 g/mol. The lowest BCUT2D eigenvalue weighted by atomic mass is 9.93. The van der Waals surface area contributed by atoms with Crippen molar-refractivity contribution in [3.05, 3.63) is 95.6 Å². The Balaban J connectivity index is 1.82. The van der Waals surface area contributed by atoms with Crippen molar-refractivity contribution in [3.8, 4) is 11.5 Å². The fourth-order valence-electron chi connectivity index (χ4n) is 3.11. The number of benzene rings is 3. The molecule has 4 N–H and O–H groups in total. The van der Waals surface area contributed by atoms with Gasteiger partial charge < -0.3 is 20.9 Å². The summed E-state index contributed by atoms with van der Waals surface area (Å²) in [5, 5.41) is 0. The molecule has 2 atom stereocenters. The Morgan fingerprint density at radius 3 is 1.79 bits per heavy atom. The van der Waals surface area contributed by atoms with E-state index >= 15 is 0 Å². The number of rotatable bonds is 9. The molecule has 0 saturated carbocycles. The molecule has 3 aromatic rings. The molecule has 146 valence electrons. The summed E-state index contributed by atoms with van der Waals surface area (Å²) in [5.74, 6) is 1.49. The van der Waals surface area contributed by atoms with Crippen LogP contribution in [0.2, 0.25) is 0 Å². The van der Waals surface area contributed by atoms with Gasteiger partial charge in [0.1, 0.15) is 13.2 Å². The van der Waals surface area contributed by atoms with Crippen LogP contribution in [0.15, 0.2) is 78.9 Å². The van der Waals surface area contributed by atoms with Gasteiger partial charge in [-0.15, -0.1) is 0 Å². The van der Waals surface area contributed by atoms with Gasteiger partial charge in [0.15, 0.2) is 11.5 Å². The van der Waals surface area contributed by atoms with Gasteiger partial charge in [0.25, 0.3) is 0 Å². The zero-order chi connectivity index (χ0) is 19.8. The van der Waals surface area contributed by atoms with E-state index in [1.807, 2.05) is 85.8 Å². The minimum Gasteiger partial charge on any atom is -0.485 e. The standard InChI is InChI=1S/C24H28N2O2/c1-18(26)22(15-25)21-12-13-23(27-16-19-8-4-2-5-9-19)24(14-21)28-17-20-10-6-3-7-11-20/h2-14,18,22H,15-17,25-26H2,1H3. The van der Waals surface area contributed by atoms with Gasteiger partial charge in [0.2, 0.25) is 0 Å². The quantitative estimate of drug-likeness (QED) is 0.586. The maximum atomic E-state index is 6.12. The molecular formula is C24H28N2O2. The maximum absolute atomic E-state index is 6.12. The molecular weight excluding hydrogens is 348 g/mol. The van der Waals surface area contributed by atoms with Crippen molar-refractivity contribution in [1.82, 2.24) is 0 Å². The molecule has 0 heterocycles. The lowest BCUT2D eigenvalue weighted by Crippen LogP contribution is -2.30. The minimum absolute atomic E-state index is 0.0388. The SMILES string of the molecule is CC(N)C(CN)c1ccc(OCc2ccccc2)c(OCc2ccccc2)c1. The molecule has 0 fully saturated rings. The summed E-state index contributed by atoms with van der Waals surface area (Å²) in [4.78, 5) is 0. The van der Waals surface area contributed by atoms with Crippen LogP contribution >= 0.6 is 0 Å². The zero-order valence-electron chi connectivity index (χ0n) is 16.3. The predicted molar refractivity (Wildman–Crippen MR) is 113 cm³/mol. The lowest BCUT2D eigenvalue weighted by molar-refractivity contribution is 0.255. The molecule has 2 unspecified atom stereocenters. The summed E-state index contributed by atoms with van der Waals surface area (Å²) in [7, 11) is 0. The van der Waals surface area contributed by atoms with Crippen molar-refractivity contribution in [1.29, 1.82) is 0 Å². The van der Waals surface area contributed by atoms with E-state index in [0.29, 0.717) is 31.3 Å². The molecule has 3 aromatic carbocycles. The van der Waals surface area contributed by atoms with Gasteiger partial charge >= 0.3 is 0 Å². The third-order valence-corrected chi connectivity index (χ3v) is 4.76. The highest BCUT2D eigenvalue weighted by Crippen LogP contribution is 2.33. The van der Waals surface area contributed by atoms with Crippen LogP contribution in [-0.2, 0) is 13.2 Å². The lowest BCUT2D eigenvalue weighted by Gasteiger charge is -2.21. The highest BCUT2D eigenvalue weighted by atomic mass is 16.5. The zero-order valence-corrected chi connectivity index (χ0v) is 16.3. The van der Waals surface area contributed by atoms with Crippen molar-refractivity contribution in [2.45, 2.75) is 32.1 Å². The average Bonchev–Trinajstić information content (AvgIpc) is 2.73. The summed E-state index contributed by atoms with van der Waals surface area (Å²) in [6.07, 6.45) is 0. The molecule has 0 aliphatic carbocycles. The highest BCUT2D eigenvalue weighted by Gasteiger charge is 2.17. The Kier molecular flexibility index (Phi) is 7.06. The van der Waals surface area contributed by atoms with E-state index in [4.69, 9.17) is 20.9 Å². The minimum atomic E-state index is -0.0388. The van der Waals surface area contributed by atoms with Gasteiger partial charge in [-0.2, -0.15) is 0 Å². The molecule has 28 heavy (non-hydrogen) atoms. The highest BCUT2D eigenvalue weighted by molar-refractivity contribution is 5.44. The molecule has 0 spiro atoms. The van der Waals surface area contributed by atoms with E-state index in [9.17, 15) is 0 Å². The molecule has 0 aliphatic rings. The van der Waals surface area contributed by atoms with Crippen molar-refractivity contribution in [2.24, 2.45) is 11.5 Å². The molecule has 0 radical (unpaired) electrons. The third-order valence-electron chi connectivity index (χ3n) is 4.76. The Labute approximate surface area is 167 Å². The first kappa shape index (κ1) is 19.9. The molecule has 3 rings (SSSR count). The summed E-state index contributed by atoms with van der Waals surface area (Å²) in [6, 6.07) is 26.1. The average molecular weight is 377 g/mol. The van der Waals surface area contributed by atoms with Crippen LogP contribution in [0.5, 0.6) is 11.5 Å². The normalized spacial score (nSPS) is 13.0. The van der Waals surface area contributed by atoms with E-state index in [-0.39, 0.29) is 12.0 Å². The Hall–Kier alpha value is -2.82. The number of hydrogen-bond donors (Lipinski definition) is 2. The van der Waals surface area contributed by atoms with E-state index in [0.717, 1.165) is 16.7 Å². The summed E-state index contributed by atoms with van der Waals surface area (Å²) in [6.45, 7) is 3.41. The topological polar surface area (TPSA) is 70.5 Å². The fourth-order valence-corrected chi connectivity index (χ4v) is 3.11. The van der Waals surface area contributed by atoms with E-state index in [1.54, 1.807) is 0 Å². The van der Waals surface area contributed by atoms with Gasteiger partial charge in [-0.25, -0.2) is 0 Å². The van der Waals surface area contributed by atoms with E-state index in [2.05, 4.69) is 0 Å². The number of ether oxygens (including phenoxy) is 2. The molecule has 0 bridgehead atoms. The largest absolute Gasteiger partial charge is 0.485 e. The number of hydrogen-bond acceptors (Lipinski definition) is 4. The first-order valence-corrected chi connectivity index (χ1v) is 9.60. The van der Waals surface area contributed by atoms with Crippen LogP contribution in [0, 0.1) is 0 Å². The van der Waals surface area contributed by atoms with Gasteiger partial charge in [-0.3, -0.25) is 0 Å². The molecule has 4 heteroatoms. The van der Waals surface area contributed by atoms with Crippen molar-refractivity contribution in [2.75, 3.05) is 6.54 Å². The Bertz CT molecular complexity index is 851. The fraction of sp³-hybridized carbons (Fsp3) is 0.250. The molecule has 4 nitrogen and oxygen atoms in total. The van der Waals surface area contributed by atoms with Crippen molar-refractivity contribution in [3.63, 3.8) is 0 Å². The van der Waals surface area contributed by atoms with Gasteiger partial charge in [0, 0.05) is 18.5 Å². The Morgan fingerprint density at radius 1 is 0.750 bits per heavy atom. The number of nitrogens with two attached hydrogens (primary N) is 2. The van der Waals surface area contributed by atoms with Crippen LogP contribution in [-0.4, -0.2) is 12.6 Å². The van der Waals surface area contributed by atoms with Crippen LogP contribution in [0.3, 0.4) is 0 Å². The molecule has 0 aromatic heterocycles. The summed E-state index contributed by atoms with van der Waals surface area (Å²) < 4.78 is 12.2. The summed E-state index contributed by atoms with van der Waals surface area (Å²) >= 11 is 0. The smallest absolute Gasteiger partial charge is 0.161 e. The second-order valence-electron chi connectivity index (χ2n) is 6.96. The van der Waals surface area contributed by atoms with Crippen molar-refractivity contribution >= 4 is 0 Å². The second-order valence-corrected chi connectivity index (χ2v) is 6.96. The molecule has 0 aliphatic heterocycles. The first-order chi connectivity index (χ1) is 13.7. The van der Waals surface area contributed by atoms with Crippen LogP contribution in [0.1, 0.15) is 29.5 Å². The third kappa shape index (κ3) is 5.35. The van der Waals surface area contributed by atoms with E-state index < -0.39 is 0 Å². The van der Waals surface area contributed by atoms with Crippen LogP contribution < -0.4 is 20.9 Å². The Morgan fingerprint density at radius 2 is 1.29 bits per heavy atom. The van der Waals surface area contributed by atoms with Gasteiger partial charge in [0.05, 0.1) is 0 Å². The van der Waals surface area contributed by atoms with Gasteiger partial charge in [-0.05, 0) is 35.7 Å². The first-order valence-electron chi connectivity index (χ1n) is 9.60. The second kappa shape index (κ2) is 9.93. The maximum Gasteiger partial charge on any atom is 0.161 e. The van der Waals surface area contributed by atoms with E-state index in [1.165, 1.54) is 0 Å². The molecule has 0 saturated heterocycles. The summed E-state index contributed by atoms with van der Waals surface area (Å²) in [5.41, 5.74) is 15.3. The van der Waals surface area contributed by atoms with Crippen molar-refractivity contribution < 1.29 is 9.47 Å². The van der Waals surface area contributed by atoms with Crippen LogP contribution in [0.25, 0.3) is 0 Å². The predicted octanol–water partition coefficient (Wildman–Crippen LogP) is 4.23. The van der Waals surface area contributed by atoms with Gasteiger partial charge in [-0.1, -0.05) is 66.7 Å².